The molecular formula is C18H25NS. The summed E-state index contributed by atoms with van der Waals surface area (Å²) in [5, 5.41) is 6.43. The lowest BCUT2D eigenvalue weighted by molar-refractivity contribution is 0.473. The Balaban J connectivity index is 2.05. The van der Waals surface area contributed by atoms with E-state index in [1.807, 2.05) is 11.8 Å². The van der Waals surface area contributed by atoms with Crippen molar-refractivity contribution in [2.75, 3.05) is 11.5 Å². The van der Waals surface area contributed by atoms with E-state index >= 15 is 0 Å². The van der Waals surface area contributed by atoms with Crippen LogP contribution >= 0.6 is 11.8 Å². The number of nitrogens with one attached hydrogen (secondary N) is 1. The standard InChI is InChI=1S/C18H25NS/c1-4-20-13-12-14(2)19-15(3)17-11-7-9-16-8-5-6-10-18(16)17/h5-11,14-15,19H,4,12-13H2,1-3H3. The molecule has 0 aliphatic carbocycles. The summed E-state index contributed by atoms with van der Waals surface area (Å²) >= 11 is 2.02. The monoisotopic (exact) mass is 287 g/mol. The molecule has 0 aliphatic heterocycles. The molecule has 2 rings (SSSR count). The molecule has 2 atom stereocenters. The summed E-state index contributed by atoms with van der Waals surface area (Å²) in [5.41, 5.74) is 1.40. The van der Waals surface area contributed by atoms with Crippen LogP contribution in [0.15, 0.2) is 42.5 Å². The fourth-order valence-electron chi connectivity index (χ4n) is 2.63. The zero-order chi connectivity index (χ0) is 14.4. The lowest BCUT2D eigenvalue weighted by Gasteiger charge is -2.21. The summed E-state index contributed by atoms with van der Waals surface area (Å²) in [6.45, 7) is 6.78. The maximum atomic E-state index is 3.73. The number of hydrogen-bond acceptors (Lipinski definition) is 2. The van der Waals surface area contributed by atoms with Gasteiger partial charge in [-0.25, -0.2) is 0 Å². The largest absolute Gasteiger partial charge is 0.308 e. The van der Waals surface area contributed by atoms with Crippen LogP contribution in [-0.2, 0) is 0 Å². The molecule has 0 radical (unpaired) electrons. The van der Waals surface area contributed by atoms with E-state index in [-0.39, 0.29) is 0 Å². The van der Waals surface area contributed by atoms with E-state index in [0.717, 1.165) is 0 Å². The van der Waals surface area contributed by atoms with Crippen molar-refractivity contribution in [1.82, 2.24) is 5.32 Å². The minimum atomic E-state index is 0.391. The molecule has 0 aromatic heterocycles. The van der Waals surface area contributed by atoms with Crippen molar-refractivity contribution in [2.45, 2.75) is 39.3 Å². The van der Waals surface area contributed by atoms with Crippen LogP contribution < -0.4 is 5.32 Å². The van der Waals surface area contributed by atoms with Crippen molar-refractivity contribution in [2.24, 2.45) is 0 Å². The summed E-state index contributed by atoms with van der Waals surface area (Å²) in [4.78, 5) is 0. The second-order valence-corrected chi connectivity index (χ2v) is 6.74. The van der Waals surface area contributed by atoms with E-state index in [1.54, 1.807) is 0 Å². The summed E-state index contributed by atoms with van der Waals surface area (Å²) in [5.74, 6) is 2.46. The Morgan fingerprint density at radius 3 is 2.60 bits per heavy atom. The van der Waals surface area contributed by atoms with Crippen molar-refractivity contribution >= 4 is 22.5 Å². The van der Waals surface area contributed by atoms with E-state index < -0.39 is 0 Å². The summed E-state index contributed by atoms with van der Waals surface area (Å²) in [6, 6.07) is 16.2. The lowest BCUT2D eigenvalue weighted by Crippen LogP contribution is -2.29. The highest BCUT2D eigenvalue weighted by atomic mass is 32.2. The smallest absolute Gasteiger partial charge is 0.0300 e. The molecule has 0 heterocycles. The van der Waals surface area contributed by atoms with Gasteiger partial charge in [0.05, 0.1) is 0 Å². The van der Waals surface area contributed by atoms with E-state index in [1.165, 1.54) is 34.3 Å². The first kappa shape index (κ1) is 15.4. The molecule has 1 N–H and O–H groups in total. The predicted molar refractivity (Wildman–Crippen MR) is 92.6 cm³/mol. The fraction of sp³-hybridized carbons (Fsp3) is 0.444. The number of fused-ring (bicyclic) bond motifs is 1. The highest BCUT2D eigenvalue weighted by Crippen LogP contribution is 2.24. The molecule has 20 heavy (non-hydrogen) atoms. The molecule has 0 aliphatic rings. The van der Waals surface area contributed by atoms with E-state index in [0.29, 0.717) is 12.1 Å². The van der Waals surface area contributed by atoms with Crippen LogP contribution in [0.4, 0.5) is 0 Å². The van der Waals surface area contributed by atoms with Gasteiger partial charge < -0.3 is 5.32 Å². The minimum Gasteiger partial charge on any atom is -0.308 e. The van der Waals surface area contributed by atoms with Crippen molar-refractivity contribution in [1.29, 1.82) is 0 Å². The molecular weight excluding hydrogens is 262 g/mol. The Bertz CT molecular complexity index is 532. The first-order valence-corrected chi connectivity index (χ1v) is 8.69. The van der Waals surface area contributed by atoms with Crippen LogP contribution in [-0.4, -0.2) is 17.5 Å². The highest BCUT2D eigenvalue weighted by Gasteiger charge is 2.11. The Kier molecular flexibility index (Phi) is 5.93. The zero-order valence-corrected chi connectivity index (χ0v) is 13.5. The third kappa shape index (κ3) is 4.00. The minimum absolute atomic E-state index is 0.391. The second kappa shape index (κ2) is 7.70. The van der Waals surface area contributed by atoms with Gasteiger partial charge in [0.1, 0.15) is 0 Å². The van der Waals surface area contributed by atoms with Gasteiger partial charge in [0.2, 0.25) is 0 Å². The Hall–Kier alpha value is -0.990. The number of rotatable bonds is 7. The molecule has 2 heteroatoms. The molecule has 0 saturated carbocycles. The molecule has 0 amide bonds. The third-order valence-electron chi connectivity index (χ3n) is 3.72. The Morgan fingerprint density at radius 1 is 1.05 bits per heavy atom. The molecule has 0 spiro atoms. The molecule has 0 bridgehead atoms. The number of thioether (sulfide) groups is 1. The second-order valence-electron chi connectivity index (χ2n) is 5.34. The van der Waals surface area contributed by atoms with Crippen LogP contribution in [0.5, 0.6) is 0 Å². The van der Waals surface area contributed by atoms with Crippen molar-refractivity contribution in [3.63, 3.8) is 0 Å². The first-order chi connectivity index (χ1) is 9.72. The first-order valence-electron chi connectivity index (χ1n) is 7.53. The average molecular weight is 287 g/mol. The van der Waals surface area contributed by atoms with Gasteiger partial charge in [-0.2, -0.15) is 11.8 Å². The Morgan fingerprint density at radius 2 is 1.80 bits per heavy atom. The molecule has 0 fully saturated rings. The van der Waals surface area contributed by atoms with Crippen LogP contribution in [0.2, 0.25) is 0 Å². The van der Waals surface area contributed by atoms with Crippen LogP contribution in [0.25, 0.3) is 10.8 Å². The summed E-state index contributed by atoms with van der Waals surface area (Å²) in [6.07, 6.45) is 1.23. The lowest BCUT2D eigenvalue weighted by atomic mass is 9.99. The normalized spacial score (nSPS) is 14.3. The maximum absolute atomic E-state index is 3.73. The SMILES string of the molecule is CCSCCC(C)NC(C)c1cccc2ccccc12. The predicted octanol–water partition coefficient (Wildman–Crippen LogP) is 5.02. The van der Waals surface area contributed by atoms with Crippen molar-refractivity contribution in [3.8, 4) is 0 Å². The van der Waals surface area contributed by atoms with Gasteiger partial charge in [-0.15, -0.1) is 0 Å². The molecule has 108 valence electrons. The fourth-order valence-corrected chi connectivity index (χ4v) is 3.44. The van der Waals surface area contributed by atoms with Gasteiger partial charge in [-0.3, -0.25) is 0 Å². The molecule has 2 aromatic rings. The van der Waals surface area contributed by atoms with Crippen molar-refractivity contribution in [3.05, 3.63) is 48.0 Å². The molecule has 0 saturated heterocycles. The van der Waals surface area contributed by atoms with Crippen LogP contribution in [0, 0.1) is 0 Å². The molecule has 2 aromatic carbocycles. The summed E-state index contributed by atoms with van der Waals surface area (Å²) < 4.78 is 0. The van der Waals surface area contributed by atoms with Gasteiger partial charge in [-0.1, -0.05) is 49.4 Å². The van der Waals surface area contributed by atoms with Gasteiger partial charge in [-0.05, 0) is 48.1 Å². The van der Waals surface area contributed by atoms with E-state index in [9.17, 15) is 0 Å². The van der Waals surface area contributed by atoms with Crippen LogP contribution in [0.3, 0.4) is 0 Å². The molecule has 2 unspecified atom stereocenters. The Labute approximate surface area is 127 Å². The van der Waals surface area contributed by atoms with Gasteiger partial charge in [0.15, 0.2) is 0 Å². The zero-order valence-electron chi connectivity index (χ0n) is 12.7. The van der Waals surface area contributed by atoms with Gasteiger partial charge in [0, 0.05) is 12.1 Å². The molecule has 1 nitrogen and oxygen atoms in total. The van der Waals surface area contributed by atoms with Gasteiger partial charge >= 0.3 is 0 Å². The topological polar surface area (TPSA) is 12.0 Å². The summed E-state index contributed by atoms with van der Waals surface area (Å²) in [7, 11) is 0. The highest BCUT2D eigenvalue weighted by molar-refractivity contribution is 7.99. The maximum Gasteiger partial charge on any atom is 0.0300 e. The van der Waals surface area contributed by atoms with E-state index in [4.69, 9.17) is 0 Å². The van der Waals surface area contributed by atoms with Crippen molar-refractivity contribution < 1.29 is 0 Å². The number of benzene rings is 2. The quantitative estimate of drug-likeness (QED) is 0.717. The average Bonchev–Trinajstić information content (AvgIpc) is 2.47. The van der Waals surface area contributed by atoms with Crippen LogP contribution in [0.1, 0.15) is 38.8 Å². The third-order valence-corrected chi connectivity index (χ3v) is 4.66. The van der Waals surface area contributed by atoms with Gasteiger partial charge in [0.25, 0.3) is 0 Å². The number of hydrogen-bond donors (Lipinski definition) is 1. The van der Waals surface area contributed by atoms with E-state index in [2.05, 4.69) is 68.6 Å².